The first-order chi connectivity index (χ1) is 13.1. The molecule has 3 rings (SSSR count). The SMILES string of the molecule is Cc1ccccc1C(=O)Nc1ccc(C(=O)N/N=C\c2ccncc2)cc1. The molecule has 2 aromatic carbocycles. The highest BCUT2D eigenvalue weighted by atomic mass is 16.2. The number of pyridine rings is 1. The van der Waals surface area contributed by atoms with Crippen LogP contribution in [0.1, 0.15) is 31.8 Å². The lowest BCUT2D eigenvalue weighted by atomic mass is 10.1. The number of hydrogen-bond acceptors (Lipinski definition) is 4. The minimum Gasteiger partial charge on any atom is -0.322 e. The van der Waals surface area contributed by atoms with Gasteiger partial charge in [-0.1, -0.05) is 18.2 Å². The number of aromatic nitrogens is 1. The summed E-state index contributed by atoms with van der Waals surface area (Å²) < 4.78 is 0. The van der Waals surface area contributed by atoms with Crippen molar-refractivity contribution < 1.29 is 9.59 Å². The first-order valence-electron chi connectivity index (χ1n) is 8.34. The van der Waals surface area contributed by atoms with E-state index in [0.29, 0.717) is 16.8 Å². The highest BCUT2D eigenvalue weighted by molar-refractivity contribution is 6.05. The van der Waals surface area contributed by atoms with Gasteiger partial charge in [-0.25, -0.2) is 5.43 Å². The van der Waals surface area contributed by atoms with Gasteiger partial charge in [0.2, 0.25) is 0 Å². The zero-order chi connectivity index (χ0) is 19.1. The number of rotatable bonds is 5. The quantitative estimate of drug-likeness (QED) is 0.541. The molecule has 0 fully saturated rings. The van der Waals surface area contributed by atoms with Crippen molar-refractivity contribution in [2.45, 2.75) is 6.92 Å². The third-order valence-electron chi connectivity index (χ3n) is 3.88. The van der Waals surface area contributed by atoms with Gasteiger partial charge in [0, 0.05) is 29.2 Å². The number of carbonyl (C=O) groups excluding carboxylic acids is 2. The molecule has 0 saturated carbocycles. The Labute approximate surface area is 157 Å². The second kappa shape index (κ2) is 8.53. The smallest absolute Gasteiger partial charge is 0.271 e. The van der Waals surface area contributed by atoms with E-state index in [0.717, 1.165) is 11.1 Å². The molecule has 27 heavy (non-hydrogen) atoms. The molecule has 0 spiro atoms. The standard InChI is InChI=1S/C21H18N4O2/c1-15-4-2-3-5-19(15)21(27)24-18-8-6-17(7-9-18)20(26)25-23-14-16-10-12-22-13-11-16/h2-14H,1H3,(H,24,27)(H,25,26)/b23-14-. The Morgan fingerprint density at radius 2 is 1.63 bits per heavy atom. The van der Waals surface area contributed by atoms with Crippen LogP contribution in [0.2, 0.25) is 0 Å². The molecule has 6 nitrogen and oxygen atoms in total. The van der Waals surface area contributed by atoms with Crippen LogP contribution in [0, 0.1) is 6.92 Å². The summed E-state index contributed by atoms with van der Waals surface area (Å²) >= 11 is 0. The zero-order valence-corrected chi connectivity index (χ0v) is 14.7. The molecule has 2 N–H and O–H groups in total. The van der Waals surface area contributed by atoms with Crippen LogP contribution in [0.5, 0.6) is 0 Å². The van der Waals surface area contributed by atoms with Crippen molar-refractivity contribution in [1.82, 2.24) is 10.4 Å². The summed E-state index contributed by atoms with van der Waals surface area (Å²) in [6.07, 6.45) is 4.83. The average Bonchev–Trinajstić information content (AvgIpc) is 2.69. The number of nitrogens with zero attached hydrogens (tertiary/aromatic N) is 2. The first-order valence-corrected chi connectivity index (χ1v) is 8.34. The van der Waals surface area contributed by atoms with E-state index < -0.39 is 0 Å². The van der Waals surface area contributed by atoms with E-state index in [2.05, 4.69) is 20.8 Å². The summed E-state index contributed by atoms with van der Waals surface area (Å²) in [6.45, 7) is 1.88. The van der Waals surface area contributed by atoms with Gasteiger partial charge < -0.3 is 5.32 Å². The van der Waals surface area contributed by atoms with Crippen LogP contribution in [0.25, 0.3) is 0 Å². The molecule has 0 unspecified atom stereocenters. The Balaban J connectivity index is 1.59. The predicted molar refractivity (Wildman–Crippen MR) is 105 cm³/mol. The minimum absolute atomic E-state index is 0.188. The third-order valence-corrected chi connectivity index (χ3v) is 3.88. The third kappa shape index (κ3) is 4.85. The van der Waals surface area contributed by atoms with Gasteiger partial charge in [0.05, 0.1) is 6.21 Å². The Bertz CT molecular complexity index is 967. The molecule has 2 amide bonds. The zero-order valence-electron chi connectivity index (χ0n) is 14.7. The van der Waals surface area contributed by atoms with E-state index in [4.69, 9.17) is 0 Å². The minimum atomic E-state index is -0.336. The Hall–Kier alpha value is -3.80. The van der Waals surface area contributed by atoms with E-state index in [1.165, 1.54) is 6.21 Å². The fourth-order valence-electron chi connectivity index (χ4n) is 2.41. The maximum absolute atomic E-state index is 12.3. The van der Waals surface area contributed by atoms with Crippen molar-refractivity contribution in [3.63, 3.8) is 0 Å². The van der Waals surface area contributed by atoms with Crippen LogP contribution in [0.4, 0.5) is 5.69 Å². The van der Waals surface area contributed by atoms with Gasteiger partial charge in [0.25, 0.3) is 11.8 Å². The number of aryl methyl sites for hydroxylation is 1. The van der Waals surface area contributed by atoms with Crippen LogP contribution in [0.15, 0.2) is 78.2 Å². The van der Waals surface area contributed by atoms with E-state index in [1.54, 1.807) is 54.9 Å². The molecule has 134 valence electrons. The van der Waals surface area contributed by atoms with Crippen LogP contribution >= 0.6 is 0 Å². The highest BCUT2D eigenvalue weighted by Crippen LogP contribution is 2.13. The molecule has 0 bridgehead atoms. The Kier molecular flexibility index (Phi) is 5.69. The molecule has 6 heteroatoms. The fraction of sp³-hybridized carbons (Fsp3) is 0.0476. The van der Waals surface area contributed by atoms with E-state index >= 15 is 0 Å². The molecule has 1 heterocycles. The molecule has 3 aromatic rings. The molecule has 1 aromatic heterocycles. The van der Waals surface area contributed by atoms with Gasteiger partial charge in [-0.05, 0) is 60.5 Å². The number of anilines is 1. The van der Waals surface area contributed by atoms with Crippen molar-refractivity contribution in [3.05, 3.63) is 95.3 Å². The van der Waals surface area contributed by atoms with E-state index in [-0.39, 0.29) is 11.8 Å². The van der Waals surface area contributed by atoms with Crippen molar-refractivity contribution in [2.24, 2.45) is 5.10 Å². The summed E-state index contributed by atoms with van der Waals surface area (Å²) in [5.41, 5.74) is 5.86. The largest absolute Gasteiger partial charge is 0.322 e. The predicted octanol–water partition coefficient (Wildman–Crippen LogP) is 3.41. The number of amides is 2. The average molecular weight is 358 g/mol. The fourth-order valence-corrected chi connectivity index (χ4v) is 2.41. The number of hydrazone groups is 1. The molecule has 0 aliphatic carbocycles. The Morgan fingerprint density at radius 3 is 2.33 bits per heavy atom. The molecule has 0 aliphatic rings. The van der Waals surface area contributed by atoms with Crippen molar-refractivity contribution in [1.29, 1.82) is 0 Å². The van der Waals surface area contributed by atoms with E-state index in [9.17, 15) is 9.59 Å². The number of hydrogen-bond donors (Lipinski definition) is 2. The Morgan fingerprint density at radius 1 is 0.926 bits per heavy atom. The van der Waals surface area contributed by atoms with Crippen LogP contribution in [0.3, 0.4) is 0 Å². The van der Waals surface area contributed by atoms with Gasteiger partial charge in [-0.2, -0.15) is 5.10 Å². The second-order valence-electron chi connectivity index (χ2n) is 5.83. The van der Waals surface area contributed by atoms with Crippen molar-refractivity contribution >= 4 is 23.7 Å². The summed E-state index contributed by atoms with van der Waals surface area (Å²) in [7, 11) is 0. The molecular formula is C21H18N4O2. The van der Waals surface area contributed by atoms with E-state index in [1.807, 2.05) is 25.1 Å². The van der Waals surface area contributed by atoms with Crippen LogP contribution < -0.4 is 10.7 Å². The van der Waals surface area contributed by atoms with Gasteiger partial charge in [0.1, 0.15) is 0 Å². The van der Waals surface area contributed by atoms with Gasteiger partial charge >= 0.3 is 0 Å². The van der Waals surface area contributed by atoms with Crippen molar-refractivity contribution in [3.8, 4) is 0 Å². The first kappa shape index (κ1) is 18.0. The van der Waals surface area contributed by atoms with Gasteiger partial charge in [0.15, 0.2) is 0 Å². The van der Waals surface area contributed by atoms with Crippen molar-refractivity contribution in [2.75, 3.05) is 5.32 Å². The summed E-state index contributed by atoms with van der Waals surface area (Å²) in [6, 6.07) is 17.5. The lowest BCUT2D eigenvalue weighted by Crippen LogP contribution is -2.18. The van der Waals surface area contributed by atoms with Gasteiger partial charge in [-0.15, -0.1) is 0 Å². The topological polar surface area (TPSA) is 83.5 Å². The molecule has 0 saturated heterocycles. The summed E-state index contributed by atoms with van der Waals surface area (Å²) in [4.78, 5) is 28.3. The van der Waals surface area contributed by atoms with Crippen LogP contribution in [-0.2, 0) is 0 Å². The second-order valence-corrected chi connectivity index (χ2v) is 5.83. The maximum Gasteiger partial charge on any atom is 0.271 e. The summed E-state index contributed by atoms with van der Waals surface area (Å²) in [5.74, 6) is -0.524. The number of carbonyl (C=O) groups is 2. The highest BCUT2D eigenvalue weighted by Gasteiger charge is 2.09. The molecule has 0 radical (unpaired) electrons. The molecular weight excluding hydrogens is 340 g/mol. The maximum atomic E-state index is 12.3. The molecule has 0 aliphatic heterocycles. The number of nitrogens with one attached hydrogen (secondary N) is 2. The van der Waals surface area contributed by atoms with Gasteiger partial charge in [-0.3, -0.25) is 14.6 Å². The number of benzene rings is 2. The normalized spacial score (nSPS) is 10.6. The molecule has 0 atom stereocenters. The lowest BCUT2D eigenvalue weighted by molar-refractivity contribution is 0.0954. The monoisotopic (exact) mass is 358 g/mol. The summed E-state index contributed by atoms with van der Waals surface area (Å²) in [5, 5.41) is 6.74. The van der Waals surface area contributed by atoms with Crippen LogP contribution in [-0.4, -0.2) is 23.0 Å². The lowest BCUT2D eigenvalue weighted by Gasteiger charge is -2.08.